The van der Waals surface area contributed by atoms with Crippen molar-refractivity contribution in [3.05, 3.63) is 53.6 Å². The number of carbonyl (C=O) groups is 3. The highest BCUT2D eigenvalue weighted by atomic mass is 32.2. The van der Waals surface area contributed by atoms with E-state index in [9.17, 15) is 22.8 Å². The quantitative estimate of drug-likeness (QED) is 0.380. The van der Waals surface area contributed by atoms with Crippen LogP contribution in [0.4, 0.5) is 5.13 Å². The Kier molecular flexibility index (Phi) is 7.74. The Labute approximate surface area is 226 Å². The summed E-state index contributed by atoms with van der Waals surface area (Å²) < 4.78 is 28.7. The smallest absolute Gasteiger partial charge is 0.262 e. The van der Waals surface area contributed by atoms with Crippen molar-refractivity contribution in [2.24, 2.45) is 5.92 Å². The average Bonchev–Trinajstić information content (AvgIpc) is 3.36. The Balaban J connectivity index is 1.64. The molecular formula is C27H32N4O5S2. The topological polar surface area (TPSA) is 117 Å². The van der Waals surface area contributed by atoms with Crippen LogP contribution in [0.3, 0.4) is 0 Å². The number of benzene rings is 2. The minimum atomic E-state index is -3.74. The number of anilines is 1. The third-order valence-corrected chi connectivity index (χ3v) is 9.92. The fraction of sp³-hybridized carbons (Fsp3) is 0.407. The fourth-order valence-corrected chi connectivity index (χ4v) is 7.73. The second-order valence-corrected chi connectivity index (χ2v) is 12.9. The summed E-state index contributed by atoms with van der Waals surface area (Å²) in [5.41, 5.74) is 1.10. The van der Waals surface area contributed by atoms with Gasteiger partial charge in [-0.2, -0.15) is 4.31 Å². The molecule has 11 heteroatoms. The normalized spacial score (nSPS) is 15.6. The molecule has 2 unspecified atom stereocenters. The molecule has 4 rings (SSSR count). The molecule has 9 nitrogen and oxygen atoms in total. The number of sulfonamides is 1. The molecule has 3 aromatic rings. The first kappa shape index (κ1) is 27.9. The van der Waals surface area contributed by atoms with Crippen LogP contribution in [-0.4, -0.2) is 58.5 Å². The molecule has 0 saturated carbocycles. The van der Waals surface area contributed by atoms with Gasteiger partial charge in [0, 0.05) is 12.1 Å². The highest BCUT2D eigenvalue weighted by molar-refractivity contribution is 7.89. The second-order valence-electron chi connectivity index (χ2n) is 10.0. The summed E-state index contributed by atoms with van der Waals surface area (Å²) in [6.07, 6.45) is 0.564. The Hall–Kier alpha value is -3.15. The minimum absolute atomic E-state index is 0.150. The Bertz CT molecular complexity index is 1470. The van der Waals surface area contributed by atoms with Crippen molar-refractivity contribution >= 4 is 54.4 Å². The number of fused-ring (bicyclic) bond motifs is 2. The lowest BCUT2D eigenvalue weighted by atomic mass is 9.96. The zero-order valence-corrected chi connectivity index (χ0v) is 23.9. The zero-order valence-electron chi connectivity index (χ0n) is 22.3. The molecule has 2 heterocycles. The van der Waals surface area contributed by atoms with Crippen LogP contribution in [0.5, 0.6) is 0 Å². The van der Waals surface area contributed by atoms with Gasteiger partial charge in [-0.05, 0) is 63.9 Å². The maximum absolute atomic E-state index is 13.5. The zero-order chi connectivity index (χ0) is 27.9. The summed E-state index contributed by atoms with van der Waals surface area (Å²) >= 11 is 1.14. The van der Waals surface area contributed by atoms with Crippen LogP contribution in [0, 0.1) is 5.92 Å². The van der Waals surface area contributed by atoms with E-state index in [1.54, 1.807) is 36.4 Å². The predicted molar refractivity (Wildman–Crippen MR) is 148 cm³/mol. The lowest BCUT2D eigenvalue weighted by Gasteiger charge is -2.29. The van der Waals surface area contributed by atoms with Gasteiger partial charge in [-0.1, -0.05) is 43.7 Å². The number of carbonyl (C=O) groups excluding carboxylic acids is 3. The molecule has 0 fully saturated rings. The van der Waals surface area contributed by atoms with Crippen molar-refractivity contribution in [1.29, 1.82) is 0 Å². The minimum Gasteiger partial charge on any atom is -0.300 e. The number of hydrogen-bond donors (Lipinski definition) is 1. The molecule has 1 N–H and O–H groups in total. The monoisotopic (exact) mass is 556 g/mol. The average molecular weight is 557 g/mol. The van der Waals surface area contributed by atoms with Crippen LogP contribution < -0.4 is 5.32 Å². The van der Waals surface area contributed by atoms with Crippen LogP contribution in [0.25, 0.3) is 10.2 Å². The summed E-state index contributed by atoms with van der Waals surface area (Å²) in [6.45, 7) is 11.0. The number of imide groups is 1. The van der Waals surface area contributed by atoms with E-state index in [1.165, 1.54) is 10.4 Å². The van der Waals surface area contributed by atoms with Crippen molar-refractivity contribution < 1.29 is 22.8 Å². The van der Waals surface area contributed by atoms with Gasteiger partial charge in [0.1, 0.15) is 6.04 Å². The molecule has 38 heavy (non-hydrogen) atoms. The molecule has 2 aromatic carbocycles. The third kappa shape index (κ3) is 4.85. The van der Waals surface area contributed by atoms with Gasteiger partial charge in [-0.15, -0.1) is 0 Å². The van der Waals surface area contributed by atoms with Crippen molar-refractivity contribution in [3.63, 3.8) is 0 Å². The van der Waals surface area contributed by atoms with Crippen LogP contribution in [0.1, 0.15) is 68.7 Å². The summed E-state index contributed by atoms with van der Waals surface area (Å²) in [6, 6.07) is 9.77. The number of nitrogens with one attached hydrogen (secondary N) is 1. The molecular weight excluding hydrogens is 524 g/mol. The lowest BCUT2D eigenvalue weighted by molar-refractivity contribution is -0.121. The van der Waals surface area contributed by atoms with E-state index in [2.05, 4.69) is 10.3 Å². The lowest BCUT2D eigenvalue weighted by Crippen LogP contribution is -2.50. The predicted octanol–water partition coefficient (Wildman–Crippen LogP) is 4.75. The van der Waals surface area contributed by atoms with Crippen molar-refractivity contribution in [3.8, 4) is 0 Å². The first-order valence-corrected chi connectivity index (χ1v) is 14.9. The van der Waals surface area contributed by atoms with Gasteiger partial charge in [0.05, 0.1) is 26.2 Å². The molecule has 202 valence electrons. The largest absolute Gasteiger partial charge is 0.300 e. The van der Waals surface area contributed by atoms with Crippen LogP contribution in [0.2, 0.25) is 0 Å². The molecule has 2 atom stereocenters. The Morgan fingerprint density at radius 1 is 1.00 bits per heavy atom. The molecule has 0 aliphatic carbocycles. The van der Waals surface area contributed by atoms with E-state index < -0.39 is 33.8 Å². The molecule has 0 radical (unpaired) electrons. The van der Waals surface area contributed by atoms with Gasteiger partial charge >= 0.3 is 0 Å². The number of rotatable bonds is 9. The number of thiazole rings is 1. The van der Waals surface area contributed by atoms with E-state index in [4.69, 9.17) is 0 Å². The number of nitrogens with zero attached hydrogens (tertiary/aromatic N) is 3. The summed E-state index contributed by atoms with van der Waals surface area (Å²) in [5.74, 6) is -1.82. The van der Waals surface area contributed by atoms with Crippen molar-refractivity contribution in [2.75, 3.05) is 5.32 Å². The van der Waals surface area contributed by atoms with Gasteiger partial charge in [0.2, 0.25) is 15.9 Å². The summed E-state index contributed by atoms with van der Waals surface area (Å²) in [7, 11) is -3.74. The molecule has 1 aliphatic rings. The maximum Gasteiger partial charge on any atom is 0.262 e. The van der Waals surface area contributed by atoms with E-state index in [1.807, 2.05) is 41.5 Å². The van der Waals surface area contributed by atoms with Gasteiger partial charge in [0.25, 0.3) is 11.8 Å². The number of hydrogen-bond acceptors (Lipinski definition) is 7. The molecule has 1 aromatic heterocycles. The summed E-state index contributed by atoms with van der Waals surface area (Å²) in [5, 5.41) is 3.03. The van der Waals surface area contributed by atoms with Crippen LogP contribution in [-0.2, 0) is 14.8 Å². The third-order valence-electron chi connectivity index (χ3n) is 6.74. The molecule has 0 bridgehead atoms. The van der Waals surface area contributed by atoms with Crippen LogP contribution in [0.15, 0.2) is 47.4 Å². The summed E-state index contributed by atoms with van der Waals surface area (Å²) in [4.78, 5) is 45.3. The van der Waals surface area contributed by atoms with Crippen molar-refractivity contribution in [1.82, 2.24) is 14.2 Å². The van der Waals surface area contributed by atoms with Crippen LogP contribution >= 0.6 is 11.3 Å². The molecule has 1 aliphatic heterocycles. The SMILES string of the molecule is CCC(C)C(C(=O)Nc1nc2ccc(S(=O)(=O)N(C(C)C)C(C)C)cc2s1)N1C(=O)c2ccccc2C1=O. The first-order chi connectivity index (χ1) is 17.9. The van der Waals surface area contributed by atoms with E-state index >= 15 is 0 Å². The number of aromatic nitrogens is 1. The van der Waals surface area contributed by atoms with E-state index in [0.29, 0.717) is 16.6 Å². The van der Waals surface area contributed by atoms with E-state index in [-0.39, 0.29) is 39.2 Å². The fourth-order valence-electron chi connectivity index (χ4n) is 4.89. The highest BCUT2D eigenvalue weighted by Gasteiger charge is 2.44. The first-order valence-electron chi connectivity index (χ1n) is 12.6. The molecule has 0 saturated heterocycles. The molecule has 3 amide bonds. The van der Waals surface area contributed by atoms with Gasteiger partial charge in [-0.3, -0.25) is 19.3 Å². The Morgan fingerprint density at radius 3 is 2.11 bits per heavy atom. The highest BCUT2D eigenvalue weighted by Crippen LogP contribution is 2.32. The standard InChI is InChI=1S/C27H32N4O5S2/c1-7-17(6)23(30-25(33)19-10-8-9-11-20(19)26(30)34)24(32)29-27-28-21-13-12-18(14-22(21)37-27)38(35,36)31(15(2)3)16(4)5/h8-17,23H,7H2,1-6H3,(H,28,29,32). The maximum atomic E-state index is 13.5. The number of amides is 3. The van der Waals surface area contributed by atoms with Gasteiger partial charge in [-0.25, -0.2) is 13.4 Å². The molecule has 0 spiro atoms. The Morgan fingerprint density at radius 2 is 1.58 bits per heavy atom. The van der Waals surface area contributed by atoms with Gasteiger partial charge < -0.3 is 5.32 Å². The van der Waals surface area contributed by atoms with E-state index in [0.717, 1.165) is 16.2 Å². The van der Waals surface area contributed by atoms with Crippen molar-refractivity contribution in [2.45, 2.75) is 71.0 Å². The second kappa shape index (κ2) is 10.5. The van der Waals surface area contributed by atoms with Gasteiger partial charge in [0.15, 0.2) is 5.13 Å².